The van der Waals surface area contributed by atoms with E-state index in [-0.39, 0.29) is 11.7 Å². The monoisotopic (exact) mass is 470 g/mol. The lowest BCUT2D eigenvalue weighted by molar-refractivity contribution is 0.594. The van der Waals surface area contributed by atoms with Crippen LogP contribution in [0.4, 0.5) is 0 Å². The van der Waals surface area contributed by atoms with Gasteiger partial charge in [-0.2, -0.15) is 4.91 Å². The molecule has 4 aromatic rings. The molecule has 2 unspecified atom stereocenters. The van der Waals surface area contributed by atoms with Crippen LogP contribution in [0.3, 0.4) is 0 Å². The number of sulfone groups is 1. The Balaban J connectivity index is 1.63. The maximum Gasteiger partial charge on any atom is 0.178 e. The van der Waals surface area contributed by atoms with Crippen molar-refractivity contribution in [2.45, 2.75) is 30.2 Å². The summed E-state index contributed by atoms with van der Waals surface area (Å²) in [6.07, 6.45) is 3.90. The van der Waals surface area contributed by atoms with Crippen molar-refractivity contribution in [3.05, 3.63) is 125 Å². The van der Waals surface area contributed by atoms with E-state index < -0.39 is 15.9 Å². The third-order valence-corrected chi connectivity index (χ3v) is 7.87. The highest BCUT2D eigenvalue weighted by atomic mass is 32.2. The van der Waals surface area contributed by atoms with Crippen molar-refractivity contribution in [2.75, 3.05) is 5.75 Å². The number of hydrogen-bond acceptors (Lipinski definition) is 5. The summed E-state index contributed by atoms with van der Waals surface area (Å²) in [4.78, 5) is 16.1. The Hall–Kier alpha value is -3.64. The highest BCUT2D eigenvalue weighted by Crippen LogP contribution is 2.36. The average molecular weight is 471 g/mol. The van der Waals surface area contributed by atoms with Gasteiger partial charge in [0.25, 0.3) is 0 Å². The van der Waals surface area contributed by atoms with E-state index in [1.807, 2.05) is 54.6 Å². The summed E-state index contributed by atoms with van der Waals surface area (Å²) in [5, 5.41) is 3.42. The summed E-state index contributed by atoms with van der Waals surface area (Å²) in [5.74, 6) is 0.0705. The summed E-state index contributed by atoms with van der Waals surface area (Å²) < 4.78 is 24.2. The molecule has 0 saturated heterocycles. The molecule has 0 bridgehead atoms. The van der Waals surface area contributed by atoms with E-state index in [1.54, 1.807) is 31.5 Å². The highest BCUT2D eigenvalue weighted by Gasteiger charge is 2.22. The van der Waals surface area contributed by atoms with Gasteiger partial charge < -0.3 is 0 Å². The van der Waals surface area contributed by atoms with Crippen molar-refractivity contribution < 1.29 is 8.42 Å². The first kappa shape index (κ1) is 23.5. The van der Waals surface area contributed by atoms with Crippen molar-refractivity contribution in [3.8, 4) is 11.1 Å². The fraction of sp³-hybridized carbons (Fsp3) is 0.179. The molecule has 0 amide bonds. The maximum atomic E-state index is 12.1. The van der Waals surface area contributed by atoms with Crippen LogP contribution in [0.2, 0.25) is 0 Å². The Morgan fingerprint density at radius 3 is 1.85 bits per heavy atom. The van der Waals surface area contributed by atoms with Gasteiger partial charge in [-0.1, -0.05) is 78.8 Å². The van der Waals surface area contributed by atoms with Gasteiger partial charge in [0.15, 0.2) is 9.84 Å². The number of hydrogen-bond donors (Lipinski definition) is 0. The zero-order valence-electron chi connectivity index (χ0n) is 18.9. The predicted octanol–water partition coefficient (Wildman–Crippen LogP) is 6.57. The number of nitroso groups, excluding NO2 is 1. The SMILES string of the molecule is CCS(=O)(=O)c1ccc(-c2ccc(C(CC(N=O)c3ccncc3)c3ccccc3)cc2)cc1. The van der Waals surface area contributed by atoms with Gasteiger partial charge in [0.05, 0.1) is 10.6 Å². The first-order valence-corrected chi connectivity index (χ1v) is 12.9. The first-order valence-electron chi connectivity index (χ1n) is 11.2. The van der Waals surface area contributed by atoms with E-state index in [4.69, 9.17) is 0 Å². The molecule has 6 heteroatoms. The molecule has 0 radical (unpaired) electrons. The molecule has 5 nitrogen and oxygen atoms in total. The van der Waals surface area contributed by atoms with Crippen molar-refractivity contribution >= 4 is 9.84 Å². The van der Waals surface area contributed by atoms with Gasteiger partial charge in [-0.25, -0.2) is 8.42 Å². The molecule has 3 aromatic carbocycles. The van der Waals surface area contributed by atoms with Crippen molar-refractivity contribution in [1.29, 1.82) is 0 Å². The normalized spacial score (nSPS) is 13.2. The molecule has 4 rings (SSSR count). The van der Waals surface area contributed by atoms with Gasteiger partial charge in [-0.15, -0.1) is 0 Å². The minimum Gasteiger partial charge on any atom is -0.265 e. The molecule has 1 heterocycles. The largest absolute Gasteiger partial charge is 0.265 e. The van der Waals surface area contributed by atoms with Crippen LogP contribution in [0.5, 0.6) is 0 Å². The van der Waals surface area contributed by atoms with Gasteiger partial charge in [0.2, 0.25) is 0 Å². The fourth-order valence-electron chi connectivity index (χ4n) is 4.13. The van der Waals surface area contributed by atoms with Gasteiger partial charge in [0.1, 0.15) is 6.04 Å². The lowest BCUT2D eigenvalue weighted by Gasteiger charge is -2.21. The summed E-state index contributed by atoms with van der Waals surface area (Å²) in [7, 11) is -3.22. The number of benzene rings is 3. The predicted molar refractivity (Wildman–Crippen MR) is 135 cm³/mol. The van der Waals surface area contributed by atoms with E-state index in [2.05, 4.69) is 34.4 Å². The molecule has 2 atom stereocenters. The third-order valence-electron chi connectivity index (χ3n) is 6.12. The Morgan fingerprint density at radius 2 is 1.29 bits per heavy atom. The maximum absolute atomic E-state index is 12.1. The third kappa shape index (κ3) is 5.29. The van der Waals surface area contributed by atoms with Gasteiger partial charge in [-0.05, 0) is 58.5 Å². The molecule has 34 heavy (non-hydrogen) atoms. The van der Waals surface area contributed by atoms with Gasteiger partial charge >= 0.3 is 0 Å². The highest BCUT2D eigenvalue weighted by molar-refractivity contribution is 7.91. The van der Waals surface area contributed by atoms with Crippen molar-refractivity contribution in [1.82, 2.24) is 4.98 Å². The summed E-state index contributed by atoms with van der Waals surface area (Å²) in [6, 6.07) is 28.5. The number of rotatable bonds is 9. The smallest absolute Gasteiger partial charge is 0.178 e. The van der Waals surface area contributed by atoms with Crippen LogP contribution in [-0.2, 0) is 9.84 Å². The van der Waals surface area contributed by atoms with Crippen LogP contribution in [0, 0.1) is 4.91 Å². The Labute approximate surface area is 200 Å². The fourth-order valence-corrected chi connectivity index (χ4v) is 5.01. The summed E-state index contributed by atoms with van der Waals surface area (Å²) in [6.45, 7) is 1.64. The Kier molecular flexibility index (Phi) is 7.28. The second-order valence-electron chi connectivity index (χ2n) is 8.15. The molecule has 0 saturated carbocycles. The molecule has 0 N–H and O–H groups in total. The van der Waals surface area contributed by atoms with Crippen LogP contribution in [-0.4, -0.2) is 19.2 Å². The molecule has 1 aromatic heterocycles. The zero-order valence-corrected chi connectivity index (χ0v) is 19.7. The van der Waals surface area contributed by atoms with Crippen LogP contribution in [0.1, 0.15) is 42.0 Å². The standard InChI is InChI=1S/C28H26N2O3S/c1-2-34(32,33)26-14-12-22(13-15-26)21-8-10-24(11-9-21)27(23-6-4-3-5-7-23)20-28(30-31)25-16-18-29-19-17-25/h3-19,27-28H,2,20H2,1H3. The minimum absolute atomic E-state index is 0.0109. The zero-order chi connectivity index (χ0) is 24.0. The number of nitrogens with zero attached hydrogens (tertiary/aromatic N) is 2. The average Bonchev–Trinajstić information content (AvgIpc) is 2.90. The van der Waals surface area contributed by atoms with E-state index in [9.17, 15) is 13.3 Å². The number of aromatic nitrogens is 1. The van der Waals surface area contributed by atoms with Crippen molar-refractivity contribution in [3.63, 3.8) is 0 Å². The summed E-state index contributed by atoms with van der Waals surface area (Å²) >= 11 is 0. The second kappa shape index (κ2) is 10.5. The topological polar surface area (TPSA) is 76.5 Å². The number of pyridine rings is 1. The molecule has 0 aliphatic carbocycles. The summed E-state index contributed by atoms with van der Waals surface area (Å²) in [5.41, 5.74) is 5.00. The molecule has 172 valence electrons. The molecular weight excluding hydrogens is 444 g/mol. The van der Waals surface area contributed by atoms with E-state index in [0.29, 0.717) is 11.3 Å². The van der Waals surface area contributed by atoms with Crippen LogP contribution >= 0.6 is 0 Å². The second-order valence-corrected chi connectivity index (χ2v) is 10.4. The first-order chi connectivity index (χ1) is 16.5. The van der Waals surface area contributed by atoms with E-state index >= 15 is 0 Å². The lowest BCUT2D eigenvalue weighted by atomic mass is 9.84. The van der Waals surface area contributed by atoms with E-state index in [0.717, 1.165) is 27.8 Å². The van der Waals surface area contributed by atoms with Crippen LogP contribution in [0.15, 0.2) is 113 Å². The van der Waals surface area contributed by atoms with Crippen LogP contribution in [0.25, 0.3) is 11.1 Å². The lowest BCUT2D eigenvalue weighted by Crippen LogP contribution is -2.07. The molecule has 0 aliphatic heterocycles. The molecule has 0 aliphatic rings. The van der Waals surface area contributed by atoms with Gasteiger partial charge in [0, 0.05) is 18.3 Å². The van der Waals surface area contributed by atoms with Crippen LogP contribution < -0.4 is 0 Å². The Bertz CT molecular complexity index is 1320. The molecule has 0 spiro atoms. The quantitative estimate of drug-likeness (QED) is 0.259. The van der Waals surface area contributed by atoms with Gasteiger partial charge in [-0.3, -0.25) is 4.98 Å². The minimum atomic E-state index is -3.22. The Morgan fingerprint density at radius 1 is 0.735 bits per heavy atom. The molecule has 0 fully saturated rings. The molecular formula is C28H26N2O3S. The van der Waals surface area contributed by atoms with Crippen molar-refractivity contribution in [2.24, 2.45) is 5.18 Å². The van der Waals surface area contributed by atoms with E-state index in [1.165, 1.54) is 0 Å².